The van der Waals surface area contributed by atoms with Gasteiger partial charge in [-0.3, -0.25) is 9.13 Å². The zero-order chi connectivity index (χ0) is 26.3. The molecule has 0 aromatic carbocycles. The number of esters is 2. The first-order chi connectivity index (χ1) is 15.5. The number of ether oxygens (including phenoxy) is 4. The van der Waals surface area contributed by atoms with Gasteiger partial charge >= 0.3 is 27.1 Å². The number of carbonyl (C=O) groups excluding carboxylic acids is 2. The zero-order valence-electron chi connectivity index (χ0n) is 19.9. The third kappa shape index (κ3) is 10.7. The predicted octanol–water partition coefficient (Wildman–Crippen LogP) is 1.31. The molecule has 0 aromatic rings. The van der Waals surface area contributed by atoms with Gasteiger partial charge in [-0.2, -0.15) is 0 Å². The van der Waals surface area contributed by atoms with Crippen molar-refractivity contribution in [1.82, 2.24) is 0 Å². The SMILES string of the molecule is C=C(COCCP(=O)(O)O)C(=O)OC1C(C)C(C)C(OC(=O)COCCP(=O)(O)O)C(C)C1C. The minimum absolute atomic E-state index is 0.0198. The lowest BCUT2D eigenvalue weighted by atomic mass is 9.67. The van der Waals surface area contributed by atoms with Crippen LogP contribution in [0.1, 0.15) is 27.7 Å². The van der Waals surface area contributed by atoms with E-state index in [1.165, 1.54) is 0 Å². The zero-order valence-corrected chi connectivity index (χ0v) is 21.7. The number of rotatable bonds is 13. The van der Waals surface area contributed by atoms with Gasteiger partial charge in [0.15, 0.2) is 0 Å². The fourth-order valence-electron chi connectivity index (χ4n) is 3.75. The highest BCUT2D eigenvalue weighted by molar-refractivity contribution is 7.52. The fraction of sp³-hybridized carbons (Fsp3) is 0.800. The number of carbonyl (C=O) groups is 2. The largest absolute Gasteiger partial charge is 0.460 e. The van der Waals surface area contributed by atoms with E-state index in [0.29, 0.717) is 0 Å². The topological polar surface area (TPSA) is 186 Å². The number of hydrogen-bond donors (Lipinski definition) is 4. The van der Waals surface area contributed by atoms with Gasteiger partial charge in [0.2, 0.25) is 0 Å². The molecule has 1 aliphatic carbocycles. The lowest BCUT2D eigenvalue weighted by molar-refractivity contribution is -0.183. The van der Waals surface area contributed by atoms with E-state index in [1.54, 1.807) is 0 Å². The Morgan fingerprint density at radius 1 is 0.735 bits per heavy atom. The average Bonchev–Trinajstić information content (AvgIpc) is 2.71. The molecule has 0 amide bonds. The van der Waals surface area contributed by atoms with Crippen molar-refractivity contribution in [2.45, 2.75) is 39.9 Å². The maximum atomic E-state index is 12.5. The molecule has 4 atom stereocenters. The average molecular weight is 530 g/mol. The maximum absolute atomic E-state index is 12.5. The van der Waals surface area contributed by atoms with Crippen molar-refractivity contribution in [1.29, 1.82) is 0 Å². The first kappa shape index (κ1) is 30.9. The highest BCUT2D eigenvalue weighted by atomic mass is 31.2. The Kier molecular flexibility index (Phi) is 12.1. The Labute approximate surface area is 199 Å². The molecule has 0 aliphatic heterocycles. The van der Waals surface area contributed by atoms with Crippen LogP contribution in [0.15, 0.2) is 12.2 Å². The summed E-state index contributed by atoms with van der Waals surface area (Å²) in [4.78, 5) is 59.9. The van der Waals surface area contributed by atoms with Crippen molar-refractivity contribution in [3.05, 3.63) is 12.2 Å². The monoisotopic (exact) mass is 530 g/mol. The molecule has 1 saturated carbocycles. The van der Waals surface area contributed by atoms with Crippen LogP contribution in [0.3, 0.4) is 0 Å². The molecule has 0 bridgehead atoms. The Morgan fingerprint density at radius 2 is 1.12 bits per heavy atom. The van der Waals surface area contributed by atoms with Crippen molar-refractivity contribution < 1.29 is 57.2 Å². The summed E-state index contributed by atoms with van der Waals surface area (Å²) in [5, 5.41) is 0. The van der Waals surface area contributed by atoms with Gasteiger partial charge in [0, 0.05) is 0 Å². The Bertz CT molecular complexity index is 787. The van der Waals surface area contributed by atoms with Gasteiger partial charge in [-0.15, -0.1) is 0 Å². The first-order valence-electron chi connectivity index (χ1n) is 10.9. The van der Waals surface area contributed by atoms with Crippen molar-refractivity contribution in [3.8, 4) is 0 Å². The second-order valence-electron chi connectivity index (χ2n) is 8.75. The quantitative estimate of drug-likeness (QED) is 0.116. The Morgan fingerprint density at radius 3 is 1.53 bits per heavy atom. The van der Waals surface area contributed by atoms with Crippen LogP contribution in [0.25, 0.3) is 0 Å². The van der Waals surface area contributed by atoms with Crippen LogP contribution in [0.5, 0.6) is 0 Å². The summed E-state index contributed by atoms with van der Waals surface area (Å²) in [6.45, 7) is 9.98. The van der Waals surface area contributed by atoms with E-state index < -0.39 is 58.3 Å². The van der Waals surface area contributed by atoms with E-state index in [9.17, 15) is 18.7 Å². The van der Waals surface area contributed by atoms with Crippen LogP contribution in [-0.2, 0) is 37.7 Å². The molecule has 198 valence electrons. The lowest BCUT2D eigenvalue weighted by Gasteiger charge is -2.46. The van der Waals surface area contributed by atoms with Gasteiger partial charge in [-0.25, -0.2) is 9.59 Å². The Balaban J connectivity index is 2.60. The van der Waals surface area contributed by atoms with Crippen LogP contribution < -0.4 is 0 Å². The van der Waals surface area contributed by atoms with E-state index in [2.05, 4.69) is 6.58 Å². The third-order valence-corrected chi connectivity index (χ3v) is 7.61. The summed E-state index contributed by atoms with van der Waals surface area (Å²) in [5.74, 6) is -2.01. The molecule has 0 radical (unpaired) electrons. The molecule has 0 saturated heterocycles. The van der Waals surface area contributed by atoms with E-state index in [0.717, 1.165) is 0 Å². The number of hydrogen-bond acceptors (Lipinski definition) is 8. The summed E-state index contributed by atoms with van der Waals surface area (Å²) in [5.41, 5.74) is 0.0198. The normalized spacial score (nSPS) is 27.8. The minimum Gasteiger partial charge on any atom is -0.460 e. The van der Waals surface area contributed by atoms with E-state index in [1.807, 2.05) is 27.7 Å². The molecule has 4 N–H and O–H groups in total. The molecule has 1 fully saturated rings. The molecular formula is C20H36O12P2. The minimum atomic E-state index is -4.20. The Hall–Kier alpha value is -1.10. The van der Waals surface area contributed by atoms with Crippen LogP contribution in [-0.4, -0.2) is 82.5 Å². The molecule has 0 heterocycles. The van der Waals surface area contributed by atoms with Crippen LogP contribution in [0, 0.1) is 23.7 Å². The molecule has 14 heteroatoms. The molecule has 4 unspecified atom stereocenters. The van der Waals surface area contributed by atoms with Crippen molar-refractivity contribution >= 4 is 27.1 Å². The van der Waals surface area contributed by atoms with Gasteiger partial charge in [0.1, 0.15) is 18.8 Å². The third-order valence-electron chi connectivity index (χ3n) is 6.08. The van der Waals surface area contributed by atoms with E-state index in [-0.39, 0.29) is 49.1 Å². The standard InChI is InChI=1S/C20H36O12P2/c1-12(10-29-6-8-33(23,24)25)20(22)32-19-15(4)13(2)18(14(3)16(19)5)31-17(21)11-30-7-9-34(26,27)28/h13-16,18-19H,1,6-11H2,2-5H3,(H2,23,24,25)(H2,26,27,28). The van der Waals surface area contributed by atoms with Crippen LogP contribution in [0.2, 0.25) is 0 Å². The molecule has 1 aliphatic rings. The van der Waals surface area contributed by atoms with E-state index >= 15 is 0 Å². The summed E-state index contributed by atoms with van der Waals surface area (Å²) >= 11 is 0. The molecular weight excluding hydrogens is 494 g/mol. The summed E-state index contributed by atoms with van der Waals surface area (Å²) < 4.78 is 43.0. The van der Waals surface area contributed by atoms with E-state index in [4.69, 9.17) is 38.5 Å². The lowest BCUT2D eigenvalue weighted by Crippen LogP contribution is -2.52. The molecule has 34 heavy (non-hydrogen) atoms. The van der Waals surface area contributed by atoms with Crippen LogP contribution >= 0.6 is 15.2 Å². The maximum Gasteiger partial charge on any atom is 0.336 e. The second-order valence-corrected chi connectivity index (χ2v) is 12.3. The highest BCUT2D eigenvalue weighted by Gasteiger charge is 2.47. The highest BCUT2D eigenvalue weighted by Crippen LogP contribution is 2.41. The second kappa shape index (κ2) is 13.3. The molecule has 1 rings (SSSR count). The van der Waals surface area contributed by atoms with Crippen molar-refractivity contribution in [2.75, 3.05) is 38.8 Å². The van der Waals surface area contributed by atoms with Gasteiger partial charge in [0.05, 0.1) is 37.7 Å². The first-order valence-corrected chi connectivity index (χ1v) is 14.5. The summed E-state index contributed by atoms with van der Waals surface area (Å²) in [6, 6.07) is 0. The molecule has 12 nitrogen and oxygen atoms in total. The predicted molar refractivity (Wildman–Crippen MR) is 121 cm³/mol. The van der Waals surface area contributed by atoms with Gasteiger partial charge in [-0.05, 0) is 23.7 Å². The van der Waals surface area contributed by atoms with Crippen molar-refractivity contribution in [3.63, 3.8) is 0 Å². The van der Waals surface area contributed by atoms with Gasteiger partial charge < -0.3 is 38.5 Å². The van der Waals surface area contributed by atoms with Gasteiger partial charge in [0.25, 0.3) is 0 Å². The summed E-state index contributed by atoms with van der Waals surface area (Å²) in [6.07, 6.45) is -1.91. The summed E-state index contributed by atoms with van der Waals surface area (Å²) in [7, 11) is -8.39. The molecule has 0 spiro atoms. The van der Waals surface area contributed by atoms with Crippen LogP contribution in [0.4, 0.5) is 0 Å². The van der Waals surface area contributed by atoms with Gasteiger partial charge in [-0.1, -0.05) is 34.3 Å². The smallest absolute Gasteiger partial charge is 0.336 e. The van der Waals surface area contributed by atoms with Crippen molar-refractivity contribution in [2.24, 2.45) is 23.7 Å². The molecule has 0 aromatic heterocycles. The fourth-order valence-corrected chi connectivity index (χ4v) is 4.49.